The van der Waals surface area contributed by atoms with Gasteiger partial charge in [-0.25, -0.2) is 19.9 Å². The van der Waals surface area contributed by atoms with E-state index in [0.717, 1.165) is 84.0 Å². The Hall–Kier alpha value is -14.2. The lowest BCUT2D eigenvalue weighted by Crippen LogP contribution is -2.25. The van der Waals surface area contributed by atoms with Crippen molar-refractivity contribution in [1.82, 2.24) is 29.9 Å². The van der Waals surface area contributed by atoms with Crippen molar-refractivity contribution in [2.45, 2.75) is 24.7 Å². The van der Waals surface area contributed by atoms with Crippen LogP contribution < -0.4 is 0 Å². The maximum Gasteiger partial charge on any atom is 0.160 e. The molecule has 0 aliphatic heterocycles. The van der Waals surface area contributed by atoms with Crippen molar-refractivity contribution in [3.05, 3.63) is 422 Å². The highest BCUT2D eigenvalue weighted by molar-refractivity contribution is 5.98. The summed E-state index contributed by atoms with van der Waals surface area (Å²) in [4.78, 5) is 29.7. The van der Waals surface area contributed by atoms with Crippen LogP contribution in [-0.2, 0) is 10.8 Å². The number of pyridine rings is 2. The van der Waals surface area contributed by atoms with Gasteiger partial charge in [0.2, 0.25) is 0 Å². The molecule has 3 aliphatic rings. The number of aromatic nitrogens is 6. The summed E-state index contributed by atoms with van der Waals surface area (Å²) in [6.07, 6.45) is 7.40. The van der Waals surface area contributed by atoms with Crippen LogP contribution in [0.1, 0.15) is 47.2 Å². The van der Waals surface area contributed by atoms with Crippen LogP contribution in [0.3, 0.4) is 0 Å². The minimum Gasteiger partial charge on any atom is -0.264 e. The summed E-state index contributed by atoms with van der Waals surface area (Å²) < 4.78 is 0. The molecule has 0 atom stereocenters. The molecule has 4 heterocycles. The fourth-order valence-electron chi connectivity index (χ4n) is 17.2. The molecular weight excluding hydrogens is 1330 g/mol. The minimum atomic E-state index is -0.444. The molecule has 21 rings (SSSR count). The van der Waals surface area contributed by atoms with Crippen LogP contribution in [0.5, 0.6) is 0 Å². The van der Waals surface area contributed by atoms with Crippen LogP contribution in [-0.4, -0.2) is 29.9 Å². The van der Waals surface area contributed by atoms with Crippen LogP contribution in [0.4, 0.5) is 0 Å². The van der Waals surface area contributed by atoms with Gasteiger partial charge in [0.1, 0.15) is 0 Å². The van der Waals surface area contributed by atoms with Gasteiger partial charge in [-0.3, -0.25) is 9.97 Å². The third-order valence-corrected chi connectivity index (χ3v) is 22.7. The Morgan fingerprint density at radius 3 is 1.12 bits per heavy atom. The molecule has 0 saturated heterocycles. The number of hydrogen-bond donors (Lipinski definition) is 0. The summed E-state index contributed by atoms with van der Waals surface area (Å²) in [6, 6.07) is 130. The van der Waals surface area contributed by atoms with Crippen molar-refractivity contribution in [3.63, 3.8) is 0 Å². The van der Waals surface area contributed by atoms with Crippen LogP contribution in [0, 0.1) is 0 Å². The number of hydrogen-bond acceptors (Lipinski definition) is 6. The summed E-state index contributed by atoms with van der Waals surface area (Å²) in [5.74, 6) is 1.39. The molecule has 0 bridgehead atoms. The van der Waals surface area contributed by atoms with Crippen LogP contribution in [0.25, 0.3) is 168 Å². The molecule has 110 heavy (non-hydrogen) atoms. The highest BCUT2D eigenvalue weighted by atomic mass is 14.9. The van der Waals surface area contributed by atoms with E-state index in [4.69, 9.17) is 19.9 Å². The van der Waals surface area contributed by atoms with E-state index >= 15 is 0 Å². The monoisotopic (exact) mass is 1400 g/mol. The van der Waals surface area contributed by atoms with Crippen molar-refractivity contribution in [2.24, 2.45) is 0 Å². The van der Waals surface area contributed by atoms with Crippen molar-refractivity contribution in [2.75, 3.05) is 0 Å². The third-order valence-electron chi connectivity index (χ3n) is 22.7. The molecule has 0 fully saturated rings. The van der Waals surface area contributed by atoms with E-state index in [1.807, 2.05) is 24.5 Å². The molecule has 1 spiro atoms. The van der Waals surface area contributed by atoms with Crippen molar-refractivity contribution < 1.29 is 0 Å². The quantitative estimate of drug-likeness (QED) is 0.128. The molecule has 516 valence electrons. The lowest BCUT2D eigenvalue weighted by atomic mass is 9.70. The maximum atomic E-state index is 5.35. The van der Waals surface area contributed by atoms with Gasteiger partial charge in [-0.05, 0) is 170 Å². The van der Waals surface area contributed by atoms with Gasteiger partial charge >= 0.3 is 0 Å². The van der Waals surface area contributed by atoms with Crippen molar-refractivity contribution in [1.29, 1.82) is 0 Å². The van der Waals surface area contributed by atoms with Gasteiger partial charge in [-0.1, -0.05) is 335 Å². The Labute approximate surface area is 640 Å². The number of nitrogens with zero attached hydrogens (tertiary/aromatic N) is 6. The van der Waals surface area contributed by atoms with Gasteiger partial charge < -0.3 is 0 Å². The standard InChI is InChI=1S/C52H33N3.C52H37N3/c1-2-12-34(13-3-1)35-23-25-36(26-24-35)49-32-50(38-15-10-14-37(30-38)40-16-11-29-53-33-40)55-51(54-49)39-27-28-44-43-19-6-9-22-47(43)52(48(44)31-39)45-20-7-4-17-41(45)42-18-5-8-21-46(42)52;1-52(2)47-15-6-5-13-45(47)46-29-28-41(31-48(46)52)34-16-22-38(23-17-34)49-32-50(39-24-18-35(19-25-39)42-11-8-30-53-33-42)55-51(54-49)40-26-20-37(21-27-40)44-14-7-10-36-9-3-4-12-43(36)44/h1-33H;3-33H,1-2H3. The van der Waals surface area contributed by atoms with Gasteiger partial charge in [0.25, 0.3) is 0 Å². The zero-order valence-electron chi connectivity index (χ0n) is 60.6. The minimum absolute atomic E-state index is 0.0427. The number of fused-ring (bicyclic) bond motifs is 14. The second kappa shape index (κ2) is 27.0. The Kier molecular flexibility index (Phi) is 16.0. The van der Waals surface area contributed by atoms with Crippen LogP contribution in [0.15, 0.2) is 389 Å². The molecule has 0 radical (unpaired) electrons. The smallest absolute Gasteiger partial charge is 0.160 e. The summed E-state index contributed by atoms with van der Waals surface area (Å²) >= 11 is 0. The van der Waals surface area contributed by atoms with Gasteiger partial charge in [0, 0.05) is 69.1 Å². The first-order valence-electron chi connectivity index (χ1n) is 37.6. The molecule has 0 saturated carbocycles. The van der Waals surface area contributed by atoms with Gasteiger partial charge in [-0.15, -0.1) is 0 Å². The van der Waals surface area contributed by atoms with Gasteiger partial charge in [-0.2, -0.15) is 0 Å². The molecule has 4 aromatic heterocycles. The van der Waals surface area contributed by atoms with Crippen molar-refractivity contribution >= 4 is 10.8 Å². The van der Waals surface area contributed by atoms with E-state index in [-0.39, 0.29) is 5.41 Å². The summed E-state index contributed by atoms with van der Waals surface area (Å²) in [7, 11) is 0. The van der Waals surface area contributed by atoms with Crippen molar-refractivity contribution in [3.8, 4) is 157 Å². The summed E-state index contributed by atoms with van der Waals surface area (Å²) in [5.41, 5.74) is 36.4. The van der Waals surface area contributed by atoms with Gasteiger partial charge in [0.15, 0.2) is 11.6 Å². The average Bonchev–Trinajstić information content (AvgIpc) is 1.51. The second-order valence-electron chi connectivity index (χ2n) is 29.3. The van der Waals surface area contributed by atoms with E-state index in [1.54, 1.807) is 12.4 Å². The molecular formula is C104H70N6. The maximum absolute atomic E-state index is 5.35. The SMILES string of the molecule is CC1(C)c2ccccc2-c2ccc(-c3ccc(-c4cc(-c5ccc(-c6cccnc6)cc5)nc(-c5ccc(-c6cccc7ccccc67)cc5)n4)cc3)cc21.c1ccc(-c2ccc(-c3cc(-c4cccc(-c5cccnc5)c4)nc(-c4ccc5c(c4)C4(c6ccccc6-c6ccccc64)c4ccccc4-5)n3)cc2)cc1. The fraction of sp³-hybridized carbons (Fsp3) is 0.0385. The number of rotatable bonds is 11. The Bertz CT molecular complexity index is 6500. The second-order valence-corrected chi connectivity index (χ2v) is 29.3. The summed E-state index contributed by atoms with van der Waals surface area (Å²) in [5, 5.41) is 2.47. The highest BCUT2D eigenvalue weighted by Crippen LogP contribution is 2.63. The average molecular weight is 1400 g/mol. The Morgan fingerprint density at radius 2 is 0.545 bits per heavy atom. The Morgan fingerprint density at radius 1 is 0.200 bits per heavy atom. The first-order valence-corrected chi connectivity index (χ1v) is 37.6. The Balaban J connectivity index is 0.000000144. The fourth-order valence-corrected chi connectivity index (χ4v) is 17.2. The first kappa shape index (κ1) is 65.3. The van der Waals surface area contributed by atoms with E-state index in [0.29, 0.717) is 11.6 Å². The number of benzene rings is 14. The molecule has 0 amide bonds. The zero-order valence-corrected chi connectivity index (χ0v) is 60.6. The first-order chi connectivity index (χ1) is 54.2. The van der Waals surface area contributed by atoms with Crippen LogP contribution >= 0.6 is 0 Å². The molecule has 0 unspecified atom stereocenters. The zero-order chi connectivity index (χ0) is 73.3. The van der Waals surface area contributed by atoms with Gasteiger partial charge in [0.05, 0.1) is 28.2 Å². The lowest BCUT2D eigenvalue weighted by molar-refractivity contribution is 0.660. The predicted molar refractivity (Wildman–Crippen MR) is 451 cm³/mol. The molecule has 0 N–H and O–H groups in total. The summed E-state index contributed by atoms with van der Waals surface area (Å²) in [6.45, 7) is 4.66. The molecule has 6 nitrogen and oxygen atoms in total. The topological polar surface area (TPSA) is 77.3 Å². The van der Waals surface area contributed by atoms with E-state index in [2.05, 4.69) is 376 Å². The third kappa shape index (κ3) is 11.3. The van der Waals surface area contributed by atoms with Crippen LogP contribution in [0.2, 0.25) is 0 Å². The predicted octanol–water partition coefficient (Wildman–Crippen LogP) is 25.9. The molecule has 3 aliphatic carbocycles. The largest absolute Gasteiger partial charge is 0.264 e. The molecule has 14 aromatic carbocycles. The van der Waals surface area contributed by atoms with E-state index in [1.165, 1.54) is 105 Å². The normalized spacial score (nSPS) is 12.8. The van der Waals surface area contributed by atoms with E-state index in [9.17, 15) is 0 Å². The lowest BCUT2D eigenvalue weighted by Gasteiger charge is -2.30. The molecule has 6 heteroatoms. The molecule has 18 aromatic rings. The van der Waals surface area contributed by atoms with E-state index < -0.39 is 5.41 Å². The highest BCUT2D eigenvalue weighted by Gasteiger charge is 2.51.